The molecule has 0 radical (unpaired) electrons. The fourth-order valence-corrected chi connectivity index (χ4v) is 1.40. The average molecular weight is 252 g/mol. The van der Waals surface area contributed by atoms with Gasteiger partial charge < -0.3 is 4.42 Å². The molecule has 0 bridgehead atoms. The largest absolute Gasteiger partial charge is 0.454 e. The highest BCUT2D eigenvalue weighted by molar-refractivity contribution is 9.10. The Labute approximate surface area is 86.2 Å². The van der Waals surface area contributed by atoms with Crippen molar-refractivity contribution in [3.05, 3.63) is 22.6 Å². The van der Waals surface area contributed by atoms with Crippen LogP contribution in [0.5, 0.6) is 0 Å². The summed E-state index contributed by atoms with van der Waals surface area (Å²) in [5, 5.41) is 0. The van der Waals surface area contributed by atoms with E-state index in [9.17, 15) is 0 Å². The number of furan rings is 1. The van der Waals surface area contributed by atoms with Gasteiger partial charge in [-0.25, -0.2) is 0 Å². The number of hydrogen-bond acceptors (Lipinski definition) is 1. The van der Waals surface area contributed by atoms with E-state index in [1.165, 1.54) is 0 Å². The van der Waals surface area contributed by atoms with Crippen molar-refractivity contribution in [3.63, 3.8) is 0 Å². The van der Waals surface area contributed by atoms with Crippen molar-refractivity contribution in [2.24, 2.45) is 5.41 Å². The molecule has 3 heteroatoms. The Morgan fingerprint density at radius 2 is 2.17 bits per heavy atom. The average Bonchev–Trinajstić information content (AvgIpc) is 2.35. The monoisotopic (exact) mass is 250 g/mol. The first-order valence-corrected chi connectivity index (χ1v) is 5.16. The molecule has 0 saturated heterocycles. The third-order valence-electron chi connectivity index (χ3n) is 1.64. The van der Waals surface area contributed by atoms with E-state index >= 15 is 0 Å². The molecule has 0 spiro atoms. The van der Waals surface area contributed by atoms with E-state index < -0.39 is 0 Å². The third kappa shape index (κ3) is 2.83. The van der Waals surface area contributed by atoms with Gasteiger partial charge in [0.1, 0.15) is 5.76 Å². The fourth-order valence-electron chi connectivity index (χ4n) is 0.966. The van der Waals surface area contributed by atoms with Crippen LogP contribution in [0.2, 0.25) is 0 Å². The lowest BCUT2D eigenvalue weighted by Gasteiger charge is -2.19. The molecule has 0 N–H and O–H groups in total. The van der Waals surface area contributed by atoms with Crippen molar-refractivity contribution in [2.45, 2.75) is 20.3 Å². The van der Waals surface area contributed by atoms with Crippen LogP contribution in [0.4, 0.5) is 0 Å². The second-order valence-electron chi connectivity index (χ2n) is 3.68. The van der Waals surface area contributed by atoms with Crippen molar-refractivity contribution in [1.82, 2.24) is 0 Å². The summed E-state index contributed by atoms with van der Waals surface area (Å²) in [4.78, 5) is 0. The van der Waals surface area contributed by atoms with E-state index in [-0.39, 0.29) is 5.41 Å². The topological polar surface area (TPSA) is 13.1 Å². The Bertz CT molecular complexity index is 255. The molecule has 0 amide bonds. The van der Waals surface area contributed by atoms with Gasteiger partial charge in [-0.15, -0.1) is 11.6 Å². The predicted molar refractivity (Wildman–Crippen MR) is 54.6 cm³/mol. The molecule has 0 aliphatic rings. The number of halogens is 2. The molecule has 1 nitrogen and oxygen atoms in total. The molecule has 1 rings (SSSR count). The molecule has 0 fully saturated rings. The van der Waals surface area contributed by atoms with Gasteiger partial charge >= 0.3 is 0 Å². The first kappa shape index (κ1) is 10.1. The smallest absolute Gasteiger partial charge is 0.169 e. The Morgan fingerprint density at radius 1 is 1.50 bits per heavy atom. The van der Waals surface area contributed by atoms with Gasteiger partial charge in [-0.05, 0) is 33.5 Å². The van der Waals surface area contributed by atoms with Crippen LogP contribution in [-0.2, 0) is 6.42 Å². The normalized spacial score (nSPS) is 12.0. The van der Waals surface area contributed by atoms with E-state index in [1.54, 1.807) is 0 Å². The number of hydrogen-bond donors (Lipinski definition) is 0. The molecule has 0 aliphatic carbocycles. The Morgan fingerprint density at radius 3 is 2.58 bits per heavy atom. The second kappa shape index (κ2) is 3.84. The van der Waals surface area contributed by atoms with Crippen LogP contribution in [0.25, 0.3) is 0 Å². The van der Waals surface area contributed by atoms with Gasteiger partial charge in [0.2, 0.25) is 0 Å². The first-order chi connectivity index (χ1) is 5.53. The second-order valence-corrected chi connectivity index (χ2v) is 4.73. The highest BCUT2D eigenvalue weighted by Crippen LogP contribution is 2.25. The molecular weight excluding hydrogens is 239 g/mol. The maximum absolute atomic E-state index is 5.80. The summed E-state index contributed by atoms with van der Waals surface area (Å²) in [6.45, 7) is 4.24. The van der Waals surface area contributed by atoms with Gasteiger partial charge in [0.15, 0.2) is 4.67 Å². The van der Waals surface area contributed by atoms with Crippen LogP contribution in [-0.4, -0.2) is 5.88 Å². The first-order valence-electron chi connectivity index (χ1n) is 3.84. The maximum Gasteiger partial charge on any atom is 0.169 e. The molecule has 0 aromatic carbocycles. The Hall–Kier alpha value is 0.0500. The molecular formula is C9H12BrClO. The summed E-state index contributed by atoms with van der Waals surface area (Å²) in [7, 11) is 0. The van der Waals surface area contributed by atoms with Gasteiger partial charge in [-0.1, -0.05) is 13.8 Å². The summed E-state index contributed by atoms with van der Waals surface area (Å²) in [6, 6.07) is 3.87. The zero-order valence-electron chi connectivity index (χ0n) is 7.23. The molecule has 0 aliphatic heterocycles. The number of alkyl halides is 1. The molecule has 1 aromatic heterocycles. The molecule has 12 heavy (non-hydrogen) atoms. The van der Waals surface area contributed by atoms with Gasteiger partial charge in [0, 0.05) is 12.3 Å². The lowest BCUT2D eigenvalue weighted by molar-refractivity contribution is 0.363. The minimum Gasteiger partial charge on any atom is -0.454 e. The fraction of sp³-hybridized carbons (Fsp3) is 0.556. The Kier molecular flexibility index (Phi) is 3.24. The van der Waals surface area contributed by atoms with Crippen LogP contribution in [0.3, 0.4) is 0 Å². The molecule has 1 heterocycles. The van der Waals surface area contributed by atoms with Gasteiger partial charge in [0.25, 0.3) is 0 Å². The third-order valence-corrected chi connectivity index (χ3v) is 2.79. The lowest BCUT2D eigenvalue weighted by Crippen LogP contribution is -2.16. The van der Waals surface area contributed by atoms with Gasteiger partial charge in [-0.2, -0.15) is 0 Å². The minimum absolute atomic E-state index is 0.110. The van der Waals surface area contributed by atoms with E-state index in [1.807, 2.05) is 12.1 Å². The highest BCUT2D eigenvalue weighted by atomic mass is 79.9. The molecule has 68 valence electrons. The lowest BCUT2D eigenvalue weighted by atomic mass is 9.91. The summed E-state index contributed by atoms with van der Waals surface area (Å²) in [5.41, 5.74) is 0.110. The molecule has 1 aromatic rings. The van der Waals surface area contributed by atoms with Crippen LogP contribution < -0.4 is 0 Å². The number of rotatable bonds is 3. The van der Waals surface area contributed by atoms with Crippen LogP contribution in [0, 0.1) is 5.41 Å². The minimum atomic E-state index is 0.110. The zero-order valence-corrected chi connectivity index (χ0v) is 9.58. The van der Waals surface area contributed by atoms with E-state index in [0.717, 1.165) is 16.9 Å². The SMILES string of the molecule is CC(C)(CCl)Cc1ccc(Br)o1. The van der Waals surface area contributed by atoms with Gasteiger partial charge in [0.05, 0.1) is 0 Å². The van der Waals surface area contributed by atoms with Crippen LogP contribution >= 0.6 is 27.5 Å². The standard InChI is InChI=1S/C9H12BrClO/c1-9(2,6-11)5-7-3-4-8(10)12-7/h3-4H,5-6H2,1-2H3. The van der Waals surface area contributed by atoms with Crippen molar-refractivity contribution >= 4 is 27.5 Å². The summed E-state index contributed by atoms with van der Waals surface area (Å²) in [5.74, 6) is 1.62. The zero-order chi connectivity index (χ0) is 9.19. The molecule has 0 unspecified atom stereocenters. The molecule has 0 saturated carbocycles. The quantitative estimate of drug-likeness (QED) is 0.744. The summed E-state index contributed by atoms with van der Waals surface area (Å²) in [6.07, 6.45) is 0.877. The van der Waals surface area contributed by atoms with E-state index in [0.29, 0.717) is 5.88 Å². The maximum atomic E-state index is 5.80. The van der Waals surface area contributed by atoms with Crippen molar-refractivity contribution in [1.29, 1.82) is 0 Å². The van der Waals surface area contributed by atoms with Crippen molar-refractivity contribution in [3.8, 4) is 0 Å². The van der Waals surface area contributed by atoms with Crippen molar-refractivity contribution < 1.29 is 4.42 Å². The van der Waals surface area contributed by atoms with Crippen molar-refractivity contribution in [2.75, 3.05) is 5.88 Å². The van der Waals surface area contributed by atoms with Gasteiger partial charge in [-0.3, -0.25) is 0 Å². The van der Waals surface area contributed by atoms with E-state index in [2.05, 4.69) is 29.8 Å². The molecule has 0 atom stereocenters. The van der Waals surface area contributed by atoms with Crippen LogP contribution in [0.1, 0.15) is 19.6 Å². The summed E-state index contributed by atoms with van der Waals surface area (Å²) < 4.78 is 6.16. The Balaban J connectivity index is 2.63. The summed E-state index contributed by atoms with van der Waals surface area (Å²) >= 11 is 9.06. The van der Waals surface area contributed by atoms with Crippen LogP contribution in [0.15, 0.2) is 21.2 Å². The van der Waals surface area contributed by atoms with E-state index in [4.69, 9.17) is 16.0 Å². The highest BCUT2D eigenvalue weighted by Gasteiger charge is 2.18. The predicted octanol–water partition coefficient (Wildman–Crippen LogP) is 3.85.